The van der Waals surface area contributed by atoms with E-state index in [2.05, 4.69) is 20.4 Å². The average molecular weight is 304 g/mol. The van der Waals surface area contributed by atoms with Gasteiger partial charge in [-0.15, -0.1) is 11.3 Å². The van der Waals surface area contributed by atoms with E-state index in [0.717, 1.165) is 4.88 Å². The van der Waals surface area contributed by atoms with Crippen molar-refractivity contribution in [1.82, 2.24) is 24.3 Å². The first-order valence-electron chi connectivity index (χ1n) is 6.14. The van der Waals surface area contributed by atoms with E-state index in [1.807, 2.05) is 6.92 Å². The molecule has 0 bridgehead atoms. The molecule has 3 heterocycles. The first kappa shape index (κ1) is 13.4. The summed E-state index contributed by atoms with van der Waals surface area (Å²) in [4.78, 5) is 33.3. The fraction of sp³-hybridized carbons (Fsp3) is 0.250. The van der Waals surface area contributed by atoms with E-state index in [0.29, 0.717) is 16.2 Å². The second kappa shape index (κ2) is 5.09. The van der Waals surface area contributed by atoms with E-state index in [4.69, 9.17) is 0 Å². The largest absolute Gasteiger partial charge is 0.300 e. The lowest BCUT2D eigenvalue weighted by atomic mass is 10.4. The monoisotopic (exact) mass is 304 g/mol. The molecule has 108 valence electrons. The second-order valence-corrected chi connectivity index (χ2v) is 5.74. The standard InChI is InChI=1S/C12H12N6O2S/c1-7-3-13-12(21-7)16-9(19)5-18-6-14-10-8(11(18)20)4-15-17(10)2/h3-4,6H,5H2,1-2H3,(H,13,16,19). The molecule has 0 spiro atoms. The van der Waals surface area contributed by atoms with E-state index < -0.39 is 0 Å². The maximum atomic E-state index is 12.2. The number of aryl methyl sites for hydroxylation is 2. The van der Waals surface area contributed by atoms with E-state index in [9.17, 15) is 9.59 Å². The third-order valence-electron chi connectivity index (χ3n) is 2.90. The topological polar surface area (TPSA) is 94.7 Å². The van der Waals surface area contributed by atoms with Crippen LogP contribution in [0.2, 0.25) is 0 Å². The van der Waals surface area contributed by atoms with Crippen LogP contribution in [0, 0.1) is 6.92 Å². The van der Waals surface area contributed by atoms with Crippen LogP contribution in [0.1, 0.15) is 4.88 Å². The van der Waals surface area contributed by atoms with Crippen LogP contribution in [0.5, 0.6) is 0 Å². The van der Waals surface area contributed by atoms with Gasteiger partial charge in [0.1, 0.15) is 18.3 Å². The zero-order valence-electron chi connectivity index (χ0n) is 11.4. The zero-order valence-corrected chi connectivity index (χ0v) is 12.2. The molecule has 8 nitrogen and oxygen atoms in total. The summed E-state index contributed by atoms with van der Waals surface area (Å²) in [7, 11) is 1.70. The van der Waals surface area contributed by atoms with E-state index in [1.165, 1.54) is 33.1 Å². The summed E-state index contributed by atoms with van der Waals surface area (Å²) < 4.78 is 2.76. The number of thiazole rings is 1. The molecular formula is C12H12N6O2S. The minimum atomic E-state index is -0.323. The number of hydrogen-bond acceptors (Lipinski definition) is 6. The quantitative estimate of drug-likeness (QED) is 0.762. The highest BCUT2D eigenvalue weighted by atomic mass is 32.1. The molecule has 0 aliphatic rings. The van der Waals surface area contributed by atoms with Crippen molar-refractivity contribution in [3.05, 3.63) is 34.0 Å². The molecule has 21 heavy (non-hydrogen) atoms. The van der Waals surface area contributed by atoms with Gasteiger partial charge in [-0.25, -0.2) is 9.97 Å². The smallest absolute Gasteiger partial charge is 0.264 e. The summed E-state index contributed by atoms with van der Waals surface area (Å²) in [5, 5.41) is 7.53. The van der Waals surface area contributed by atoms with Crippen LogP contribution >= 0.6 is 11.3 Å². The van der Waals surface area contributed by atoms with Crippen molar-refractivity contribution in [3.8, 4) is 0 Å². The number of nitrogens with zero attached hydrogens (tertiary/aromatic N) is 5. The van der Waals surface area contributed by atoms with Gasteiger partial charge in [-0.05, 0) is 6.92 Å². The average Bonchev–Trinajstić information content (AvgIpc) is 3.00. The molecule has 0 fully saturated rings. The van der Waals surface area contributed by atoms with Crippen LogP contribution in [0.25, 0.3) is 11.0 Å². The normalized spacial score (nSPS) is 11.0. The number of amides is 1. The first-order chi connectivity index (χ1) is 10.0. The summed E-state index contributed by atoms with van der Waals surface area (Å²) in [5.41, 5.74) is 0.200. The summed E-state index contributed by atoms with van der Waals surface area (Å²) in [5.74, 6) is -0.323. The van der Waals surface area contributed by atoms with Gasteiger partial charge in [0.05, 0.1) is 6.20 Å². The highest BCUT2D eigenvalue weighted by Gasteiger charge is 2.11. The summed E-state index contributed by atoms with van der Waals surface area (Å²) >= 11 is 1.38. The fourth-order valence-corrected chi connectivity index (χ4v) is 2.59. The van der Waals surface area contributed by atoms with Crippen LogP contribution in [0.4, 0.5) is 5.13 Å². The molecule has 3 aromatic rings. The van der Waals surface area contributed by atoms with Gasteiger partial charge >= 0.3 is 0 Å². The second-order valence-electron chi connectivity index (χ2n) is 4.51. The highest BCUT2D eigenvalue weighted by molar-refractivity contribution is 7.15. The third kappa shape index (κ3) is 2.55. The molecule has 1 N–H and O–H groups in total. The van der Waals surface area contributed by atoms with E-state index in [-0.39, 0.29) is 18.0 Å². The summed E-state index contributed by atoms with van der Waals surface area (Å²) in [6.07, 6.45) is 4.47. The molecule has 0 aromatic carbocycles. The molecule has 1 amide bonds. The van der Waals surface area contributed by atoms with Gasteiger partial charge in [0.2, 0.25) is 5.91 Å². The maximum Gasteiger partial charge on any atom is 0.264 e. The molecule has 0 saturated heterocycles. The van der Waals surface area contributed by atoms with Crippen molar-refractivity contribution in [3.63, 3.8) is 0 Å². The van der Waals surface area contributed by atoms with Crippen molar-refractivity contribution < 1.29 is 4.79 Å². The molecule has 0 aliphatic heterocycles. The Balaban J connectivity index is 1.83. The van der Waals surface area contributed by atoms with Crippen LogP contribution < -0.4 is 10.9 Å². The van der Waals surface area contributed by atoms with Gasteiger partial charge in [-0.1, -0.05) is 0 Å². The molecule has 3 aromatic heterocycles. The van der Waals surface area contributed by atoms with Gasteiger partial charge in [0.25, 0.3) is 5.56 Å². The molecule has 0 aliphatic carbocycles. The lowest BCUT2D eigenvalue weighted by Gasteiger charge is -2.05. The van der Waals surface area contributed by atoms with Crippen molar-refractivity contribution in [1.29, 1.82) is 0 Å². The number of aromatic nitrogens is 5. The SMILES string of the molecule is Cc1cnc(NC(=O)Cn2cnc3c(cnn3C)c2=O)s1. The maximum absolute atomic E-state index is 12.2. The van der Waals surface area contributed by atoms with Crippen molar-refractivity contribution in [2.75, 3.05) is 5.32 Å². The van der Waals surface area contributed by atoms with Gasteiger partial charge in [-0.2, -0.15) is 5.10 Å². The Kier molecular flexibility index (Phi) is 3.26. The van der Waals surface area contributed by atoms with Gasteiger partial charge < -0.3 is 5.32 Å². The number of rotatable bonds is 3. The van der Waals surface area contributed by atoms with Crippen molar-refractivity contribution in [2.24, 2.45) is 7.05 Å². The summed E-state index contributed by atoms with van der Waals surface area (Å²) in [6.45, 7) is 1.79. The number of anilines is 1. The van der Waals surface area contributed by atoms with Crippen molar-refractivity contribution in [2.45, 2.75) is 13.5 Å². The van der Waals surface area contributed by atoms with Gasteiger partial charge in [0.15, 0.2) is 10.8 Å². The van der Waals surface area contributed by atoms with Gasteiger partial charge in [0, 0.05) is 18.1 Å². The molecule has 0 saturated carbocycles. The van der Waals surface area contributed by atoms with Crippen LogP contribution in [0.15, 0.2) is 23.5 Å². The zero-order chi connectivity index (χ0) is 15.0. The molecular weight excluding hydrogens is 292 g/mol. The number of carbonyl (C=O) groups excluding carboxylic acids is 1. The molecule has 0 atom stereocenters. The Labute approximate surface area is 123 Å². The van der Waals surface area contributed by atoms with Crippen LogP contribution in [-0.2, 0) is 18.4 Å². The Bertz CT molecular complexity index is 877. The Hall–Kier alpha value is -2.55. The highest BCUT2D eigenvalue weighted by Crippen LogP contribution is 2.16. The Morgan fingerprint density at radius 2 is 2.19 bits per heavy atom. The predicted molar refractivity (Wildman–Crippen MR) is 78.2 cm³/mol. The van der Waals surface area contributed by atoms with E-state index in [1.54, 1.807) is 13.2 Å². The number of carbonyl (C=O) groups is 1. The Morgan fingerprint density at radius 1 is 1.38 bits per heavy atom. The minimum absolute atomic E-state index is 0.116. The van der Waals surface area contributed by atoms with Crippen LogP contribution in [0.3, 0.4) is 0 Å². The van der Waals surface area contributed by atoms with Crippen molar-refractivity contribution >= 4 is 33.4 Å². The van der Waals surface area contributed by atoms with E-state index >= 15 is 0 Å². The lowest BCUT2D eigenvalue weighted by Crippen LogP contribution is -2.27. The number of nitrogens with one attached hydrogen (secondary N) is 1. The first-order valence-corrected chi connectivity index (χ1v) is 6.95. The van der Waals surface area contributed by atoms with Crippen LogP contribution in [-0.4, -0.2) is 30.2 Å². The molecule has 9 heteroatoms. The Morgan fingerprint density at radius 3 is 2.90 bits per heavy atom. The fourth-order valence-electron chi connectivity index (χ4n) is 1.91. The molecule has 0 unspecified atom stereocenters. The minimum Gasteiger partial charge on any atom is -0.300 e. The lowest BCUT2D eigenvalue weighted by molar-refractivity contribution is -0.116. The number of hydrogen-bond donors (Lipinski definition) is 1. The number of fused-ring (bicyclic) bond motifs is 1. The summed E-state index contributed by atoms with van der Waals surface area (Å²) in [6, 6.07) is 0. The molecule has 3 rings (SSSR count). The third-order valence-corrected chi connectivity index (χ3v) is 3.73. The molecule has 0 radical (unpaired) electrons. The van der Waals surface area contributed by atoms with Gasteiger partial charge in [-0.3, -0.25) is 18.8 Å². The predicted octanol–water partition coefficient (Wildman–Crippen LogP) is 0.534.